The monoisotopic (exact) mass is 598 g/mol. The van der Waals surface area contributed by atoms with Gasteiger partial charge in [-0.1, -0.05) is 66.7 Å². The minimum atomic E-state index is -1.02. The smallest absolute Gasteiger partial charge is 0.204 e. The van der Waals surface area contributed by atoms with Gasteiger partial charge in [-0.3, -0.25) is 0 Å². The van der Waals surface area contributed by atoms with Crippen LogP contribution in [-0.2, 0) is 0 Å². The van der Waals surface area contributed by atoms with E-state index in [0.29, 0.717) is 33.4 Å². The van der Waals surface area contributed by atoms with Crippen LogP contribution in [-0.4, -0.2) is 40.9 Å². The molecule has 8 rings (SSSR count). The van der Waals surface area contributed by atoms with Gasteiger partial charge in [-0.15, -0.1) is 0 Å². The van der Waals surface area contributed by atoms with E-state index in [1.807, 2.05) is 36.4 Å². The Hall–Kier alpha value is -6.48. The van der Waals surface area contributed by atoms with Crippen LogP contribution in [0, 0.1) is 0 Å². The van der Waals surface area contributed by atoms with Gasteiger partial charge in [0.2, 0.25) is 23.0 Å². The van der Waals surface area contributed by atoms with Gasteiger partial charge in [0.15, 0.2) is 23.0 Å². The highest BCUT2D eigenvalue weighted by Gasteiger charge is 2.33. The molecule has 0 amide bonds. The minimum Gasteiger partial charge on any atom is -0.504 e. The van der Waals surface area contributed by atoms with Crippen molar-refractivity contribution in [3.05, 3.63) is 84.9 Å². The average molecular weight is 599 g/mol. The molecule has 0 spiro atoms. The Morgan fingerprint density at radius 2 is 0.844 bits per heavy atom. The number of hydrogen-bond donors (Lipinski definition) is 8. The molecule has 220 valence electrons. The first-order valence-corrected chi connectivity index (χ1v) is 13.8. The molecule has 0 aromatic heterocycles. The summed E-state index contributed by atoms with van der Waals surface area (Å²) in [6.45, 7) is 0. The molecule has 1 aliphatic heterocycles. The molecule has 9 nitrogen and oxygen atoms in total. The molecule has 8 N–H and O–H groups in total. The maximum absolute atomic E-state index is 11.5. The molecule has 0 aliphatic carbocycles. The zero-order valence-electron chi connectivity index (χ0n) is 23.1. The summed E-state index contributed by atoms with van der Waals surface area (Å²) < 4.78 is 6.22. The van der Waals surface area contributed by atoms with Crippen molar-refractivity contribution in [3.8, 4) is 90.9 Å². The van der Waals surface area contributed by atoms with Crippen LogP contribution in [0.3, 0.4) is 0 Å². The van der Waals surface area contributed by atoms with Gasteiger partial charge in [0.05, 0.1) is 0 Å². The summed E-state index contributed by atoms with van der Waals surface area (Å²) in [5.74, 6) is -6.21. The fourth-order valence-corrected chi connectivity index (χ4v) is 6.58. The molecule has 0 fully saturated rings. The molecule has 0 saturated heterocycles. The Morgan fingerprint density at radius 1 is 0.333 bits per heavy atom. The van der Waals surface area contributed by atoms with Gasteiger partial charge in [-0.25, -0.2) is 0 Å². The van der Waals surface area contributed by atoms with Crippen molar-refractivity contribution in [2.45, 2.75) is 0 Å². The molecule has 0 atom stereocenters. The molecule has 1 aliphatic rings. The number of ether oxygens (including phenoxy) is 1. The van der Waals surface area contributed by atoms with E-state index in [4.69, 9.17) is 4.74 Å². The van der Waals surface area contributed by atoms with Crippen molar-refractivity contribution in [2.75, 3.05) is 0 Å². The summed E-state index contributed by atoms with van der Waals surface area (Å²) in [6, 6.07) is 24.6. The van der Waals surface area contributed by atoms with Crippen molar-refractivity contribution >= 4 is 32.3 Å². The van der Waals surface area contributed by atoms with Crippen LogP contribution in [0.2, 0.25) is 0 Å². The third kappa shape index (κ3) is 3.31. The standard InChI is InChI=1S/C36H22O9/c37-29-25-22(15-7-2-1-3-8-15)26-28(32(40)36(44)34(42)30(26)38)24(27(25)31(39)35(43)33(29)41)19-13-14-21-23-17(10-6-11-18(19)23)16-9-4-5-12-20(16)45-21/h1-14,37-44H. The van der Waals surface area contributed by atoms with Crippen molar-refractivity contribution in [3.63, 3.8) is 0 Å². The molecule has 0 radical (unpaired) electrons. The van der Waals surface area contributed by atoms with Crippen LogP contribution in [0.1, 0.15) is 0 Å². The van der Waals surface area contributed by atoms with Crippen molar-refractivity contribution in [1.82, 2.24) is 0 Å². The number of rotatable bonds is 2. The lowest BCUT2D eigenvalue weighted by Crippen LogP contribution is -1.99. The Morgan fingerprint density at radius 3 is 1.44 bits per heavy atom. The van der Waals surface area contributed by atoms with E-state index in [1.54, 1.807) is 48.5 Å². The first-order chi connectivity index (χ1) is 21.7. The molecule has 7 aromatic carbocycles. The van der Waals surface area contributed by atoms with Crippen molar-refractivity contribution in [1.29, 1.82) is 0 Å². The fraction of sp³-hybridized carbons (Fsp3) is 0. The number of hydrogen-bond acceptors (Lipinski definition) is 9. The summed E-state index contributed by atoms with van der Waals surface area (Å²) in [5, 5.41) is 89.2. The first kappa shape index (κ1) is 26.2. The molecule has 0 bridgehead atoms. The molecule has 45 heavy (non-hydrogen) atoms. The Bertz CT molecular complexity index is 2350. The van der Waals surface area contributed by atoms with Gasteiger partial charge >= 0.3 is 0 Å². The summed E-state index contributed by atoms with van der Waals surface area (Å²) in [6.07, 6.45) is 0. The molecular weight excluding hydrogens is 576 g/mol. The predicted molar refractivity (Wildman–Crippen MR) is 169 cm³/mol. The highest BCUT2D eigenvalue weighted by molar-refractivity contribution is 6.30. The molecule has 1 heterocycles. The van der Waals surface area contributed by atoms with Gasteiger partial charge in [-0.2, -0.15) is 0 Å². The van der Waals surface area contributed by atoms with Crippen LogP contribution >= 0.6 is 0 Å². The average Bonchev–Trinajstić information content (AvgIpc) is 3.07. The van der Waals surface area contributed by atoms with Crippen LogP contribution in [0.5, 0.6) is 57.5 Å². The number of phenols is 8. The van der Waals surface area contributed by atoms with Crippen LogP contribution in [0.25, 0.3) is 65.7 Å². The van der Waals surface area contributed by atoms with Gasteiger partial charge in [0.25, 0.3) is 0 Å². The van der Waals surface area contributed by atoms with Crippen LogP contribution in [0.4, 0.5) is 0 Å². The SMILES string of the molecule is Oc1c(O)c(O)c2c(-c3ccc4c5c(cccc35)-c3ccccc3O4)c3c(O)c(O)c(O)c(O)c3c(-c3ccccc3)c2c1O. The van der Waals surface area contributed by atoms with Gasteiger partial charge < -0.3 is 45.6 Å². The Balaban J connectivity index is 1.68. The van der Waals surface area contributed by atoms with Crippen molar-refractivity contribution in [2.24, 2.45) is 0 Å². The number of benzene rings is 7. The molecule has 7 aromatic rings. The second kappa shape index (κ2) is 9.01. The molecule has 9 heteroatoms. The summed E-state index contributed by atoms with van der Waals surface area (Å²) >= 11 is 0. The fourth-order valence-electron chi connectivity index (χ4n) is 6.58. The van der Waals surface area contributed by atoms with E-state index in [9.17, 15) is 40.9 Å². The second-order valence-electron chi connectivity index (χ2n) is 10.8. The van der Waals surface area contributed by atoms with Gasteiger partial charge in [-0.05, 0) is 40.3 Å². The topological polar surface area (TPSA) is 171 Å². The maximum Gasteiger partial charge on any atom is 0.204 e. The van der Waals surface area contributed by atoms with E-state index in [1.165, 1.54) is 0 Å². The predicted octanol–water partition coefficient (Wildman–Crippen LogP) is 7.90. The normalized spacial score (nSPS) is 12.0. The van der Waals surface area contributed by atoms with E-state index >= 15 is 0 Å². The molecular formula is C36H22O9. The van der Waals surface area contributed by atoms with Gasteiger partial charge in [0.1, 0.15) is 11.5 Å². The lowest BCUT2D eigenvalue weighted by molar-refractivity contribution is 0.350. The summed E-state index contributed by atoms with van der Waals surface area (Å²) in [5.41, 5.74) is 2.33. The Labute approximate surface area is 253 Å². The number of aromatic hydroxyl groups is 8. The number of phenolic OH excluding ortho intramolecular Hbond substituents is 8. The quantitative estimate of drug-likeness (QED) is 0.0559. The zero-order chi connectivity index (χ0) is 31.3. The Kier molecular flexibility index (Phi) is 5.24. The van der Waals surface area contributed by atoms with Crippen molar-refractivity contribution < 1.29 is 45.6 Å². The first-order valence-electron chi connectivity index (χ1n) is 13.8. The van der Waals surface area contributed by atoms with E-state index in [-0.39, 0.29) is 32.7 Å². The highest BCUT2D eigenvalue weighted by Crippen LogP contribution is 2.62. The van der Waals surface area contributed by atoms with E-state index in [2.05, 4.69) is 0 Å². The minimum absolute atomic E-state index is 0.00413. The summed E-state index contributed by atoms with van der Waals surface area (Å²) in [4.78, 5) is 0. The van der Waals surface area contributed by atoms with E-state index in [0.717, 1.165) is 11.1 Å². The van der Waals surface area contributed by atoms with E-state index < -0.39 is 46.0 Å². The third-order valence-electron chi connectivity index (χ3n) is 8.52. The largest absolute Gasteiger partial charge is 0.504 e. The third-order valence-corrected chi connectivity index (χ3v) is 8.52. The maximum atomic E-state index is 11.5. The summed E-state index contributed by atoms with van der Waals surface area (Å²) in [7, 11) is 0. The van der Waals surface area contributed by atoms with Crippen LogP contribution in [0.15, 0.2) is 84.9 Å². The second-order valence-corrected chi connectivity index (χ2v) is 10.8. The van der Waals surface area contributed by atoms with Crippen LogP contribution < -0.4 is 4.74 Å². The molecule has 0 unspecified atom stereocenters. The zero-order valence-corrected chi connectivity index (χ0v) is 23.1. The van der Waals surface area contributed by atoms with Gasteiger partial charge in [0, 0.05) is 43.6 Å². The molecule has 0 saturated carbocycles. The number of fused-ring (bicyclic) bond motifs is 4. The lowest BCUT2D eigenvalue weighted by Gasteiger charge is -2.25. The lowest BCUT2D eigenvalue weighted by atomic mass is 9.82. The number of para-hydroxylation sites is 1. The highest BCUT2D eigenvalue weighted by atomic mass is 16.5.